The Kier molecular flexibility index (Phi) is 5.91. The second-order valence-electron chi connectivity index (χ2n) is 5.42. The molecule has 124 valence electrons. The second-order valence-corrected chi connectivity index (χ2v) is 5.42. The topological polar surface area (TPSA) is 78.9 Å². The van der Waals surface area contributed by atoms with Crippen LogP contribution in [0.15, 0.2) is 36.4 Å². The summed E-state index contributed by atoms with van der Waals surface area (Å²) in [5.74, 6) is -0.943. The third kappa shape index (κ3) is 3.72. The molecule has 0 bridgehead atoms. The molecular formula is C19H21N3O2. The molecule has 1 aromatic carbocycles. The summed E-state index contributed by atoms with van der Waals surface area (Å²) in [5.41, 5.74) is 2.91. The summed E-state index contributed by atoms with van der Waals surface area (Å²) in [6.07, 6.45) is 7.01. The molecule has 24 heavy (non-hydrogen) atoms. The van der Waals surface area contributed by atoms with Crippen LogP contribution in [-0.4, -0.2) is 20.9 Å². The Labute approximate surface area is 141 Å². The number of aromatic nitrogens is 2. The van der Waals surface area contributed by atoms with Gasteiger partial charge in [-0.15, -0.1) is 0 Å². The van der Waals surface area contributed by atoms with Gasteiger partial charge in [0.1, 0.15) is 5.56 Å². The summed E-state index contributed by atoms with van der Waals surface area (Å²) in [5, 5.41) is 23.1. The van der Waals surface area contributed by atoms with Gasteiger partial charge in [0.05, 0.1) is 28.7 Å². The van der Waals surface area contributed by atoms with E-state index in [4.69, 9.17) is 5.26 Å². The summed E-state index contributed by atoms with van der Waals surface area (Å²) in [4.78, 5) is 11.7. The van der Waals surface area contributed by atoms with Gasteiger partial charge in [0.25, 0.3) is 0 Å². The van der Waals surface area contributed by atoms with Crippen molar-refractivity contribution in [2.45, 2.75) is 39.5 Å². The first kappa shape index (κ1) is 17.5. The first-order chi connectivity index (χ1) is 11.6. The molecule has 5 nitrogen and oxygen atoms in total. The minimum Gasteiger partial charge on any atom is -0.478 e. The summed E-state index contributed by atoms with van der Waals surface area (Å²) in [6, 6.07) is 9.07. The van der Waals surface area contributed by atoms with Gasteiger partial charge < -0.3 is 5.11 Å². The van der Waals surface area contributed by atoms with Crippen molar-refractivity contribution in [3.8, 4) is 11.8 Å². The third-order valence-corrected chi connectivity index (χ3v) is 3.79. The minimum atomic E-state index is -0.943. The highest BCUT2D eigenvalue weighted by Gasteiger charge is 2.22. The Morgan fingerprint density at radius 3 is 2.54 bits per heavy atom. The largest absolute Gasteiger partial charge is 0.478 e. The Bertz CT molecular complexity index is 780. The molecule has 0 aliphatic carbocycles. The molecule has 0 saturated carbocycles. The molecule has 0 atom stereocenters. The van der Waals surface area contributed by atoms with Crippen LogP contribution in [0.5, 0.6) is 0 Å². The number of aromatic carboxylic acids is 1. The Morgan fingerprint density at radius 2 is 2.00 bits per heavy atom. The van der Waals surface area contributed by atoms with E-state index in [9.17, 15) is 9.90 Å². The molecule has 0 aliphatic rings. The molecule has 1 N–H and O–H groups in total. The number of carboxylic acid groups (broad SMARTS) is 1. The van der Waals surface area contributed by atoms with Crippen LogP contribution in [0.3, 0.4) is 0 Å². The van der Waals surface area contributed by atoms with Gasteiger partial charge in [-0.05, 0) is 49.9 Å². The predicted molar refractivity (Wildman–Crippen MR) is 92.4 cm³/mol. The van der Waals surface area contributed by atoms with E-state index in [0.717, 1.165) is 18.5 Å². The highest BCUT2D eigenvalue weighted by atomic mass is 16.4. The number of rotatable bonds is 7. The zero-order chi connectivity index (χ0) is 17.5. The lowest BCUT2D eigenvalue weighted by atomic mass is 10.1. The van der Waals surface area contributed by atoms with Gasteiger partial charge in [-0.3, -0.25) is 0 Å². The van der Waals surface area contributed by atoms with Crippen LogP contribution >= 0.6 is 0 Å². The average Bonchev–Trinajstić information content (AvgIpc) is 2.97. The van der Waals surface area contributed by atoms with Crippen LogP contribution in [0, 0.1) is 11.3 Å². The Hall–Kier alpha value is -2.87. The van der Waals surface area contributed by atoms with E-state index < -0.39 is 5.97 Å². The number of nitriles is 1. The molecule has 0 saturated heterocycles. The minimum absolute atomic E-state index is 0.298. The fourth-order valence-electron chi connectivity index (χ4n) is 2.65. The summed E-state index contributed by atoms with van der Waals surface area (Å²) in [7, 11) is 0. The van der Waals surface area contributed by atoms with Gasteiger partial charge in [0, 0.05) is 0 Å². The molecule has 0 unspecified atom stereocenters. The van der Waals surface area contributed by atoms with Crippen molar-refractivity contribution in [2.24, 2.45) is 0 Å². The van der Waals surface area contributed by atoms with Crippen molar-refractivity contribution >= 4 is 5.97 Å². The van der Waals surface area contributed by atoms with Crippen molar-refractivity contribution in [1.82, 2.24) is 9.78 Å². The van der Waals surface area contributed by atoms with E-state index in [0.29, 0.717) is 35.4 Å². The van der Waals surface area contributed by atoms with Crippen molar-refractivity contribution in [3.05, 3.63) is 58.9 Å². The van der Waals surface area contributed by atoms with Gasteiger partial charge in [-0.25, -0.2) is 9.48 Å². The number of allylic oxidation sites excluding steroid dienone is 2. The molecule has 1 aromatic heterocycles. The SMILES string of the molecule is CCC=CCCc1nn(-c2ccc(C#N)cc2)c(CC)c1C(=O)O. The van der Waals surface area contributed by atoms with Crippen LogP contribution in [0.25, 0.3) is 5.69 Å². The van der Waals surface area contributed by atoms with Gasteiger partial charge in [0.15, 0.2) is 0 Å². The van der Waals surface area contributed by atoms with Crippen molar-refractivity contribution < 1.29 is 9.90 Å². The van der Waals surface area contributed by atoms with Gasteiger partial charge in [0.2, 0.25) is 0 Å². The van der Waals surface area contributed by atoms with E-state index in [1.165, 1.54) is 0 Å². The number of hydrogen-bond donors (Lipinski definition) is 1. The quantitative estimate of drug-likeness (QED) is 0.784. The van der Waals surface area contributed by atoms with E-state index in [1.54, 1.807) is 28.9 Å². The first-order valence-corrected chi connectivity index (χ1v) is 8.11. The number of aryl methyl sites for hydroxylation is 1. The maximum atomic E-state index is 11.7. The molecule has 5 heteroatoms. The molecule has 0 radical (unpaired) electrons. The smallest absolute Gasteiger partial charge is 0.339 e. The molecule has 0 spiro atoms. The van der Waals surface area contributed by atoms with Crippen LogP contribution < -0.4 is 0 Å². The number of nitrogens with zero attached hydrogens (tertiary/aromatic N) is 3. The van der Waals surface area contributed by atoms with Gasteiger partial charge in [-0.1, -0.05) is 26.0 Å². The third-order valence-electron chi connectivity index (χ3n) is 3.79. The lowest BCUT2D eigenvalue weighted by molar-refractivity contribution is 0.0694. The van der Waals surface area contributed by atoms with Crippen molar-refractivity contribution in [1.29, 1.82) is 5.26 Å². The van der Waals surface area contributed by atoms with Crippen LogP contribution in [0.1, 0.15) is 54.0 Å². The van der Waals surface area contributed by atoms with Gasteiger partial charge >= 0.3 is 5.97 Å². The molecular weight excluding hydrogens is 302 g/mol. The van der Waals surface area contributed by atoms with Crippen LogP contribution in [-0.2, 0) is 12.8 Å². The molecule has 0 aliphatic heterocycles. The van der Waals surface area contributed by atoms with E-state index >= 15 is 0 Å². The molecule has 0 fully saturated rings. The maximum Gasteiger partial charge on any atom is 0.339 e. The lowest BCUT2D eigenvalue weighted by Gasteiger charge is -2.06. The zero-order valence-corrected chi connectivity index (χ0v) is 14.0. The van der Waals surface area contributed by atoms with E-state index in [1.807, 2.05) is 6.92 Å². The summed E-state index contributed by atoms with van der Waals surface area (Å²) < 4.78 is 1.68. The highest BCUT2D eigenvalue weighted by molar-refractivity contribution is 5.90. The van der Waals surface area contributed by atoms with Gasteiger partial charge in [-0.2, -0.15) is 10.4 Å². The summed E-state index contributed by atoms with van der Waals surface area (Å²) >= 11 is 0. The summed E-state index contributed by atoms with van der Waals surface area (Å²) in [6.45, 7) is 3.98. The first-order valence-electron chi connectivity index (χ1n) is 8.11. The van der Waals surface area contributed by atoms with Crippen LogP contribution in [0.4, 0.5) is 0 Å². The second kappa shape index (κ2) is 8.11. The fourth-order valence-corrected chi connectivity index (χ4v) is 2.65. The predicted octanol–water partition coefficient (Wildman–Crippen LogP) is 3.90. The van der Waals surface area contributed by atoms with Crippen LogP contribution in [0.2, 0.25) is 0 Å². The Balaban J connectivity index is 2.45. The van der Waals surface area contributed by atoms with E-state index in [-0.39, 0.29) is 0 Å². The zero-order valence-electron chi connectivity index (χ0n) is 14.0. The average molecular weight is 323 g/mol. The number of benzene rings is 1. The molecule has 0 amide bonds. The highest BCUT2D eigenvalue weighted by Crippen LogP contribution is 2.21. The normalized spacial score (nSPS) is 10.9. The maximum absolute atomic E-state index is 11.7. The number of carbonyl (C=O) groups is 1. The van der Waals surface area contributed by atoms with E-state index in [2.05, 4.69) is 30.2 Å². The molecule has 2 aromatic rings. The fraction of sp³-hybridized carbons (Fsp3) is 0.316. The molecule has 1 heterocycles. The monoisotopic (exact) mass is 323 g/mol. The Morgan fingerprint density at radius 1 is 1.29 bits per heavy atom. The number of carboxylic acids is 1. The van der Waals surface area contributed by atoms with Crippen molar-refractivity contribution in [3.63, 3.8) is 0 Å². The number of hydrogen-bond acceptors (Lipinski definition) is 3. The lowest BCUT2D eigenvalue weighted by Crippen LogP contribution is -2.06. The molecule has 2 rings (SSSR count). The van der Waals surface area contributed by atoms with Crippen molar-refractivity contribution in [2.75, 3.05) is 0 Å². The standard InChI is InChI=1S/C19H21N3O2/c1-3-5-6-7-8-16-18(19(23)24)17(4-2)22(21-16)15-11-9-14(13-20)10-12-15/h5-6,9-12H,3-4,7-8H2,1-2H3,(H,23,24).